The lowest BCUT2D eigenvalue weighted by molar-refractivity contribution is 0.126. The summed E-state index contributed by atoms with van der Waals surface area (Å²) in [5, 5.41) is 4.67. The maximum atomic E-state index is 4.48. The molecule has 1 saturated heterocycles. The molecule has 3 nitrogen and oxygen atoms in total. The number of rotatable bonds is 2. The smallest absolute Gasteiger partial charge is 0.110 e. The van der Waals surface area contributed by atoms with Crippen LogP contribution in [0.2, 0.25) is 0 Å². The van der Waals surface area contributed by atoms with Gasteiger partial charge in [-0.2, -0.15) is 0 Å². The average Bonchev–Trinajstić information content (AvgIpc) is 2.65. The minimum atomic E-state index is 0.459. The lowest BCUT2D eigenvalue weighted by Gasteiger charge is -2.37. The average molecular weight is 225 g/mol. The second kappa shape index (κ2) is 4.60. The van der Waals surface area contributed by atoms with Crippen LogP contribution in [0.3, 0.4) is 0 Å². The molecular weight excluding hydrogens is 206 g/mol. The monoisotopic (exact) mass is 225 g/mol. The summed E-state index contributed by atoms with van der Waals surface area (Å²) in [6, 6.07) is 1.07. The summed E-state index contributed by atoms with van der Waals surface area (Å²) in [6.45, 7) is 9.98. The Morgan fingerprint density at radius 2 is 2.47 bits per heavy atom. The first-order chi connectivity index (χ1) is 7.18. The van der Waals surface area contributed by atoms with E-state index >= 15 is 0 Å². The van der Waals surface area contributed by atoms with Crippen LogP contribution in [0.25, 0.3) is 0 Å². The fourth-order valence-corrected chi connectivity index (χ4v) is 2.99. The van der Waals surface area contributed by atoms with Gasteiger partial charge in [0.05, 0.1) is 6.04 Å². The van der Waals surface area contributed by atoms with Crippen molar-refractivity contribution in [3.63, 3.8) is 0 Å². The molecule has 1 aliphatic rings. The Morgan fingerprint density at radius 3 is 3.07 bits per heavy atom. The number of aromatic nitrogens is 1. The van der Waals surface area contributed by atoms with E-state index in [-0.39, 0.29) is 0 Å². The van der Waals surface area contributed by atoms with Crippen molar-refractivity contribution in [2.45, 2.75) is 32.9 Å². The van der Waals surface area contributed by atoms with Gasteiger partial charge in [0.15, 0.2) is 0 Å². The first-order valence-corrected chi connectivity index (χ1v) is 6.39. The summed E-state index contributed by atoms with van der Waals surface area (Å²) in [5.41, 5.74) is 0. The number of piperazine rings is 1. The molecule has 2 rings (SSSR count). The van der Waals surface area contributed by atoms with E-state index in [9.17, 15) is 0 Å². The van der Waals surface area contributed by atoms with Crippen LogP contribution in [0.1, 0.15) is 29.8 Å². The van der Waals surface area contributed by atoms with E-state index in [1.54, 1.807) is 0 Å². The van der Waals surface area contributed by atoms with Gasteiger partial charge >= 0.3 is 0 Å². The van der Waals surface area contributed by atoms with Crippen LogP contribution >= 0.6 is 11.3 Å². The second-order valence-corrected chi connectivity index (χ2v) is 5.54. The third kappa shape index (κ3) is 2.38. The Balaban J connectivity index is 2.09. The molecule has 0 bridgehead atoms. The number of hydrogen-bond acceptors (Lipinski definition) is 4. The molecule has 15 heavy (non-hydrogen) atoms. The van der Waals surface area contributed by atoms with E-state index in [1.165, 1.54) is 9.88 Å². The van der Waals surface area contributed by atoms with Gasteiger partial charge in [0, 0.05) is 36.8 Å². The van der Waals surface area contributed by atoms with E-state index in [0.29, 0.717) is 12.1 Å². The zero-order valence-corrected chi connectivity index (χ0v) is 10.5. The van der Waals surface area contributed by atoms with E-state index in [1.807, 2.05) is 17.5 Å². The molecule has 1 aromatic heterocycles. The highest BCUT2D eigenvalue weighted by Crippen LogP contribution is 2.26. The fraction of sp³-hybridized carbons (Fsp3) is 0.727. The molecule has 0 spiro atoms. The van der Waals surface area contributed by atoms with Gasteiger partial charge in [0.1, 0.15) is 5.01 Å². The molecule has 2 heterocycles. The third-order valence-corrected chi connectivity index (χ3v) is 4.13. The zero-order valence-electron chi connectivity index (χ0n) is 9.66. The van der Waals surface area contributed by atoms with Crippen LogP contribution in [0.4, 0.5) is 0 Å². The van der Waals surface area contributed by atoms with Crippen molar-refractivity contribution >= 4 is 11.3 Å². The van der Waals surface area contributed by atoms with Gasteiger partial charge in [0.25, 0.3) is 0 Å². The lowest BCUT2D eigenvalue weighted by Crippen LogP contribution is -2.50. The summed E-state index contributed by atoms with van der Waals surface area (Å²) >= 11 is 1.82. The van der Waals surface area contributed by atoms with Crippen molar-refractivity contribution in [3.8, 4) is 0 Å². The molecule has 4 heteroatoms. The standard InChI is InChI=1S/C11H19N3S/c1-8-6-12-4-5-14(8)10(3)11-13-7-9(2)15-11/h7-8,10,12H,4-6H2,1-3H3. The van der Waals surface area contributed by atoms with Crippen molar-refractivity contribution in [2.75, 3.05) is 19.6 Å². The van der Waals surface area contributed by atoms with Crippen molar-refractivity contribution in [2.24, 2.45) is 0 Å². The van der Waals surface area contributed by atoms with Gasteiger partial charge in [-0.3, -0.25) is 4.90 Å². The van der Waals surface area contributed by atoms with E-state index in [0.717, 1.165) is 19.6 Å². The van der Waals surface area contributed by atoms with Crippen LogP contribution in [-0.2, 0) is 0 Å². The topological polar surface area (TPSA) is 28.2 Å². The predicted octanol–water partition coefficient (Wildman–Crippen LogP) is 1.81. The maximum Gasteiger partial charge on any atom is 0.110 e. The quantitative estimate of drug-likeness (QED) is 0.832. The highest BCUT2D eigenvalue weighted by molar-refractivity contribution is 7.11. The summed E-state index contributed by atoms with van der Waals surface area (Å²) in [5.74, 6) is 0. The number of nitrogens with zero attached hydrogens (tertiary/aromatic N) is 2. The van der Waals surface area contributed by atoms with Crippen LogP contribution in [0.15, 0.2) is 6.20 Å². The van der Waals surface area contributed by atoms with Crippen LogP contribution in [0, 0.1) is 6.92 Å². The molecule has 0 amide bonds. The number of hydrogen-bond donors (Lipinski definition) is 1. The Hall–Kier alpha value is -0.450. The summed E-state index contributed by atoms with van der Waals surface area (Å²) in [7, 11) is 0. The first kappa shape index (κ1) is 11.0. The largest absolute Gasteiger partial charge is 0.314 e. The van der Waals surface area contributed by atoms with Gasteiger partial charge in [-0.15, -0.1) is 11.3 Å². The Morgan fingerprint density at radius 1 is 1.67 bits per heavy atom. The van der Waals surface area contributed by atoms with Gasteiger partial charge in [-0.25, -0.2) is 4.98 Å². The highest BCUT2D eigenvalue weighted by atomic mass is 32.1. The molecule has 0 radical (unpaired) electrons. The maximum absolute atomic E-state index is 4.48. The molecule has 0 aliphatic carbocycles. The Labute approximate surface area is 95.5 Å². The highest BCUT2D eigenvalue weighted by Gasteiger charge is 2.25. The van der Waals surface area contributed by atoms with Gasteiger partial charge < -0.3 is 5.32 Å². The Bertz CT molecular complexity index is 323. The molecule has 1 aliphatic heterocycles. The van der Waals surface area contributed by atoms with Gasteiger partial charge in [-0.05, 0) is 20.8 Å². The van der Waals surface area contributed by atoms with Gasteiger partial charge in [0.2, 0.25) is 0 Å². The fourth-order valence-electron chi connectivity index (χ4n) is 2.14. The minimum Gasteiger partial charge on any atom is -0.314 e. The number of nitrogens with one attached hydrogen (secondary N) is 1. The summed E-state index contributed by atoms with van der Waals surface area (Å²) in [4.78, 5) is 8.32. The van der Waals surface area contributed by atoms with E-state index in [2.05, 4.69) is 36.0 Å². The molecule has 0 aromatic carbocycles. The van der Waals surface area contributed by atoms with Crippen LogP contribution in [0.5, 0.6) is 0 Å². The predicted molar refractivity (Wildman–Crippen MR) is 64.3 cm³/mol. The molecule has 0 saturated carbocycles. The third-order valence-electron chi connectivity index (χ3n) is 3.05. The van der Waals surface area contributed by atoms with Crippen molar-refractivity contribution in [1.29, 1.82) is 0 Å². The van der Waals surface area contributed by atoms with Crippen molar-refractivity contribution in [3.05, 3.63) is 16.1 Å². The molecule has 2 atom stereocenters. The minimum absolute atomic E-state index is 0.459. The van der Waals surface area contributed by atoms with Crippen molar-refractivity contribution in [1.82, 2.24) is 15.2 Å². The lowest BCUT2D eigenvalue weighted by atomic mass is 10.1. The molecule has 1 fully saturated rings. The molecule has 1 aromatic rings. The molecule has 84 valence electrons. The van der Waals surface area contributed by atoms with Crippen LogP contribution < -0.4 is 5.32 Å². The normalized spacial score (nSPS) is 25.4. The number of thiazole rings is 1. The molecule has 1 N–H and O–H groups in total. The summed E-state index contributed by atoms with van der Waals surface area (Å²) in [6.07, 6.45) is 1.98. The van der Waals surface area contributed by atoms with Crippen LogP contribution in [-0.4, -0.2) is 35.6 Å². The van der Waals surface area contributed by atoms with E-state index in [4.69, 9.17) is 0 Å². The second-order valence-electron chi connectivity index (χ2n) is 4.28. The van der Waals surface area contributed by atoms with E-state index < -0.39 is 0 Å². The van der Waals surface area contributed by atoms with Gasteiger partial charge in [-0.1, -0.05) is 0 Å². The molecule has 2 unspecified atom stereocenters. The summed E-state index contributed by atoms with van der Waals surface area (Å²) < 4.78 is 0. The SMILES string of the molecule is Cc1cnc(C(C)N2CCNCC2C)s1. The zero-order chi connectivity index (χ0) is 10.8. The Kier molecular flexibility index (Phi) is 3.38. The number of aryl methyl sites for hydroxylation is 1. The molecular formula is C11H19N3S. The van der Waals surface area contributed by atoms with Crippen molar-refractivity contribution < 1.29 is 0 Å². The first-order valence-electron chi connectivity index (χ1n) is 5.57.